The van der Waals surface area contributed by atoms with Crippen LogP contribution in [0.2, 0.25) is 0 Å². The Balaban J connectivity index is 2.08. The Morgan fingerprint density at radius 2 is 2.33 bits per heavy atom. The van der Waals surface area contributed by atoms with Crippen molar-refractivity contribution in [3.63, 3.8) is 0 Å². The number of rotatable bonds is 2. The van der Waals surface area contributed by atoms with E-state index in [4.69, 9.17) is 10.5 Å². The van der Waals surface area contributed by atoms with Crippen molar-refractivity contribution in [2.45, 2.75) is 19.0 Å². The van der Waals surface area contributed by atoms with Gasteiger partial charge in [-0.2, -0.15) is 0 Å². The molecule has 15 heavy (non-hydrogen) atoms. The summed E-state index contributed by atoms with van der Waals surface area (Å²) in [5.74, 6) is -0.0134. The van der Waals surface area contributed by atoms with Gasteiger partial charge in [-0.25, -0.2) is 4.39 Å². The molecule has 0 aromatic heterocycles. The molecule has 2 nitrogen and oxygen atoms in total. The molecule has 2 atom stereocenters. The Hall–Kier alpha value is -1.09. The van der Waals surface area contributed by atoms with Gasteiger partial charge in [0.05, 0.1) is 6.61 Å². The zero-order valence-electron chi connectivity index (χ0n) is 8.66. The lowest BCUT2D eigenvalue weighted by Gasteiger charge is -2.25. The van der Waals surface area contributed by atoms with E-state index in [0.29, 0.717) is 17.9 Å². The molecule has 2 unspecified atom stereocenters. The van der Waals surface area contributed by atoms with Crippen molar-refractivity contribution >= 4 is 5.69 Å². The number of ether oxygens (including phenoxy) is 1. The SMILES string of the molecule is Nc1cccc(C(F)C2CCCOC2)c1. The summed E-state index contributed by atoms with van der Waals surface area (Å²) >= 11 is 0. The number of nitrogens with two attached hydrogens (primary N) is 1. The topological polar surface area (TPSA) is 35.2 Å². The highest BCUT2D eigenvalue weighted by molar-refractivity contribution is 5.41. The number of hydrogen-bond donors (Lipinski definition) is 1. The van der Waals surface area contributed by atoms with Crippen LogP contribution in [-0.4, -0.2) is 13.2 Å². The Bertz CT molecular complexity index is 323. The number of benzene rings is 1. The summed E-state index contributed by atoms with van der Waals surface area (Å²) in [6.07, 6.45) is 0.900. The first-order valence-electron chi connectivity index (χ1n) is 5.34. The van der Waals surface area contributed by atoms with Crippen LogP contribution >= 0.6 is 0 Å². The average molecular weight is 209 g/mol. The first-order valence-corrected chi connectivity index (χ1v) is 5.34. The number of hydrogen-bond acceptors (Lipinski definition) is 2. The van der Waals surface area contributed by atoms with Crippen LogP contribution < -0.4 is 5.73 Å². The highest BCUT2D eigenvalue weighted by Crippen LogP contribution is 2.32. The molecule has 0 radical (unpaired) electrons. The predicted molar refractivity (Wildman–Crippen MR) is 58.2 cm³/mol. The lowest BCUT2D eigenvalue weighted by atomic mass is 9.92. The van der Waals surface area contributed by atoms with Crippen molar-refractivity contribution in [3.8, 4) is 0 Å². The second-order valence-electron chi connectivity index (χ2n) is 4.05. The minimum atomic E-state index is -0.950. The van der Waals surface area contributed by atoms with Gasteiger partial charge in [-0.05, 0) is 30.5 Å². The molecule has 2 N–H and O–H groups in total. The first-order chi connectivity index (χ1) is 7.27. The molecule has 3 heteroatoms. The van der Waals surface area contributed by atoms with Crippen LogP contribution in [0.5, 0.6) is 0 Å². The monoisotopic (exact) mass is 209 g/mol. The van der Waals surface area contributed by atoms with Gasteiger partial charge in [0.1, 0.15) is 6.17 Å². The molecule has 2 rings (SSSR count). The molecule has 1 fully saturated rings. The van der Waals surface area contributed by atoms with Crippen molar-refractivity contribution in [2.75, 3.05) is 18.9 Å². The Morgan fingerprint density at radius 1 is 1.47 bits per heavy atom. The molecule has 0 bridgehead atoms. The van der Waals surface area contributed by atoms with E-state index in [2.05, 4.69) is 0 Å². The lowest BCUT2D eigenvalue weighted by Crippen LogP contribution is -2.21. The molecule has 1 aliphatic heterocycles. The van der Waals surface area contributed by atoms with Crippen molar-refractivity contribution in [2.24, 2.45) is 5.92 Å². The largest absolute Gasteiger partial charge is 0.399 e. The van der Waals surface area contributed by atoms with E-state index in [1.807, 2.05) is 0 Å². The molecular formula is C12H16FNO. The minimum absolute atomic E-state index is 0.0134. The molecule has 82 valence electrons. The minimum Gasteiger partial charge on any atom is -0.399 e. The Kier molecular flexibility index (Phi) is 3.21. The molecule has 1 aromatic rings. The zero-order valence-corrected chi connectivity index (χ0v) is 8.66. The highest BCUT2D eigenvalue weighted by atomic mass is 19.1. The van der Waals surface area contributed by atoms with Gasteiger partial charge in [0.25, 0.3) is 0 Å². The third-order valence-corrected chi connectivity index (χ3v) is 2.84. The third kappa shape index (κ3) is 2.48. The summed E-state index contributed by atoms with van der Waals surface area (Å²) in [5.41, 5.74) is 6.92. The summed E-state index contributed by atoms with van der Waals surface area (Å²) in [6, 6.07) is 7.06. The molecular weight excluding hydrogens is 193 g/mol. The molecule has 0 saturated carbocycles. The zero-order chi connectivity index (χ0) is 10.7. The van der Waals surface area contributed by atoms with Crippen LogP contribution in [0.1, 0.15) is 24.6 Å². The van der Waals surface area contributed by atoms with Crippen LogP contribution in [-0.2, 0) is 4.74 Å². The van der Waals surface area contributed by atoms with Crippen molar-refractivity contribution in [3.05, 3.63) is 29.8 Å². The number of anilines is 1. The van der Waals surface area contributed by atoms with E-state index in [9.17, 15) is 4.39 Å². The fourth-order valence-electron chi connectivity index (χ4n) is 2.00. The van der Waals surface area contributed by atoms with E-state index in [-0.39, 0.29) is 5.92 Å². The van der Waals surface area contributed by atoms with Crippen LogP contribution in [0.15, 0.2) is 24.3 Å². The van der Waals surface area contributed by atoms with Crippen LogP contribution in [0.3, 0.4) is 0 Å². The fourth-order valence-corrected chi connectivity index (χ4v) is 2.00. The standard InChI is InChI=1S/C12H16FNO/c13-12(10-4-2-6-15-8-10)9-3-1-5-11(14)7-9/h1,3,5,7,10,12H,2,4,6,8,14H2. The Morgan fingerprint density at radius 3 is 3.00 bits per heavy atom. The third-order valence-electron chi connectivity index (χ3n) is 2.84. The first kappa shape index (κ1) is 10.4. The Labute approximate surface area is 89.2 Å². The molecule has 1 heterocycles. The van der Waals surface area contributed by atoms with Gasteiger partial charge < -0.3 is 10.5 Å². The van der Waals surface area contributed by atoms with Gasteiger partial charge in [-0.1, -0.05) is 12.1 Å². The highest BCUT2D eigenvalue weighted by Gasteiger charge is 2.25. The van der Waals surface area contributed by atoms with Gasteiger partial charge >= 0.3 is 0 Å². The second kappa shape index (κ2) is 4.62. The summed E-state index contributed by atoms with van der Waals surface area (Å²) < 4.78 is 19.3. The summed E-state index contributed by atoms with van der Waals surface area (Å²) in [6.45, 7) is 1.29. The summed E-state index contributed by atoms with van der Waals surface area (Å²) in [4.78, 5) is 0. The molecule has 0 amide bonds. The van der Waals surface area contributed by atoms with E-state index in [1.54, 1.807) is 24.3 Å². The molecule has 1 saturated heterocycles. The quantitative estimate of drug-likeness (QED) is 0.760. The number of nitrogen functional groups attached to an aromatic ring is 1. The second-order valence-corrected chi connectivity index (χ2v) is 4.05. The van der Waals surface area contributed by atoms with E-state index in [0.717, 1.165) is 19.4 Å². The summed E-state index contributed by atoms with van der Waals surface area (Å²) in [7, 11) is 0. The van der Waals surface area contributed by atoms with Crippen LogP contribution in [0.4, 0.5) is 10.1 Å². The maximum absolute atomic E-state index is 14.1. The van der Waals surface area contributed by atoms with E-state index >= 15 is 0 Å². The number of alkyl halides is 1. The summed E-state index contributed by atoms with van der Waals surface area (Å²) in [5, 5.41) is 0. The van der Waals surface area contributed by atoms with Crippen LogP contribution in [0, 0.1) is 5.92 Å². The van der Waals surface area contributed by atoms with Gasteiger partial charge in [0, 0.05) is 18.2 Å². The fraction of sp³-hybridized carbons (Fsp3) is 0.500. The van der Waals surface area contributed by atoms with Gasteiger partial charge in [-0.3, -0.25) is 0 Å². The average Bonchev–Trinajstić information content (AvgIpc) is 2.29. The van der Waals surface area contributed by atoms with Crippen LogP contribution in [0.25, 0.3) is 0 Å². The van der Waals surface area contributed by atoms with E-state index in [1.165, 1.54) is 0 Å². The maximum Gasteiger partial charge on any atom is 0.130 e. The predicted octanol–water partition coefficient (Wildman–Crippen LogP) is 2.71. The van der Waals surface area contributed by atoms with Crippen molar-refractivity contribution < 1.29 is 9.13 Å². The van der Waals surface area contributed by atoms with Gasteiger partial charge in [0.15, 0.2) is 0 Å². The van der Waals surface area contributed by atoms with E-state index < -0.39 is 6.17 Å². The van der Waals surface area contributed by atoms with Gasteiger partial charge in [-0.15, -0.1) is 0 Å². The van der Waals surface area contributed by atoms with Gasteiger partial charge in [0.2, 0.25) is 0 Å². The molecule has 1 aliphatic rings. The smallest absolute Gasteiger partial charge is 0.130 e. The number of halogens is 1. The van der Waals surface area contributed by atoms with Crippen molar-refractivity contribution in [1.29, 1.82) is 0 Å². The molecule has 1 aromatic carbocycles. The molecule has 0 spiro atoms. The van der Waals surface area contributed by atoms with Crippen molar-refractivity contribution in [1.82, 2.24) is 0 Å². The maximum atomic E-state index is 14.1. The normalized spacial score (nSPS) is 23.7. The molecule has 0 aliphatic carbocycles. The lowest BCUT2D eigenvalue weighted by molar-refractivity contribution is 0.0197.